The van der Waals surface area contributed by atoms with Crippen LogP contribution in [0.25, 0.3) is 27.9 Å². The number of anilines is 1. The summed E-state index contributed by atoms with van der Waals surface area (Å²) >= 11 is 0. The first-order valence-corrected chi connectivity index (χ1v) is 12.2. The van der Waals surface area contributed by atoms with Crippen LogP contribution in [0.4, 0.5) is 5.95 Å². The maximum absolute atomic E-state index is 12.9. The zero-order chi connectivity index (χ0) is 24.3. The molecule has 0 N–H and O–H groups in total. The number of fused-ring (bicyclic) bond motifs is 3. The van der Waals surface area contributed by atoms with E-state index in [-0.39, 0.29) is 12.5 Å². The average Bonchev–Trinajstić information content (AvgIpc) is 3.24. The summed E-state index contributed by atoms with van der Waals surface area (Å²) in [6.07, 6.45) is 0.829. The van der Waals surface area contributed by atoms with Gasteiger partial charge in [-0.25, -0.2) is 9.38 Å². The molecule has 8 heteroatoms. The van der Waals surface area contributed by atoms with E-state index in [9.17, 15) is 4.79 Å². The number of para-hydroxylation sites is 2. The van der Waals surface area contributed by atoms with Crippen molar-refractivity contribution in [1.29, 1.82) is 0 Å². The van der Waals surface area contributed by atoms with Crippen molar-refractivity contribution in [2.45, 2.75) is 6.42 Å². The molecular formula is C28H26N6O2. The lowest BCUT2D eigenvalue weighted by atomic mass is 10.2. The zero-order valence-electron chi connectivity index (χ0n) is 19.8. The number of carbonyl (C=O) groups is 1. The molecule has 0 unspecified atom stereocenters. The van der Waals surface area contributed by atoms with Crippen LogP contribution in [-0.2, 0) is 4.79 Å². The van der Waals surface area contributed by atoms with Gasteiger partial charge in [-0.05, 0) is 30.7 Å². The molecule has 3 aromatic carbocycles. The Bertz CT molecular complexity index is 1500. The van der Waals surface area contributed by atoms with Crippen LogP contribution in [0.5, 0.6) is 5.75 Å². The Morgan fingerprint density at radius 3 is 2.39 bits per heavy atom. The van der Waals surface area contributed by atoms with Crippen molar-refractivity contribution >= 4 is 28.4 Å². The molecule has 1 amide bonds. The molecule has 0 atom stereocenters. The molecule has 3 heterocycles. The highest BCUT2D eigenvalue weighted by molar-refractivity contribution is 5.93. The molecule has 1 fully saturated rings. The fraction of sp³-hybridized carbons (Fsp3) is 0.214. The second-order valence-electron chi connectivity index (χ2n) is 8.80. The molecule has 0 spiro atoms. The van der Waals surface area contributed by atoms with Crippen molar-refractivity contribution in [3.05, 3.63) is 84.9 Å². The van der Waals surface area contributed by atoms with Crippen LogP contribution >= 0.6 is 0 Å². The lowest BCUT2D eigenvalue weighted by Gasteiger charge is -2.24. The Hall–Kier alpha value is -4.46. The number of hydrogen-bond donors (Lipinski definition) is 0. The van der Waals surface area contributed by atoms with E-state index in [2.05, 4.69) is 15.1 Å². The normalized spacial score (nSPS) is 14.2. The van der Waals surface area contributed by atoms with Gasteiger partial charge in [-0.2, -0.15) is 0 Å². The van der Waals surface area contributed by atoms with E-state index >= 15 is 0 Å². The van der Waals surface area contributed by atoms with Crippen molar-refractivity contribution < 1.29 is 9.53 Å². The van der Waals surface area contributed by atoms with Gasteiger partial charge in [0.05, 0.1) is 5.52 Å². The van der Waals surface area contributed by atoms with Crippen LogP contribution in [0, 0.1) is 0 Å². The summed E-state index contributed by atoms with van der Waals surface area (Å²) in [7, 11) is 0. The van der Waals surface area contributed by atoms with E-state index in [0.717, 1.165) is 46.9 Å². The number of aromatic nitrogens is 4. The predicted octanol–water partition coefficient (Wildman–Crippen LogP) is 4.06. The fourth-order valence-corrected chi connectivity index (χ4v) is 4.67. The van der Waals surface area contributed by atoms with Gasteiger partial charge in [0.1, 0.15) is 5.75 Å². The number of ether oxygens (including phenoxy) is 1. The van der Waals surface area contributed by atoms with Crippen molar-refractivity contribution in [3.63, 3.8) is 0 Å². The van der Waals surface area contributed by atoms with Crippen molar-refractivity contribution in [2.24, 2.45) is 0 Å². The first-order chi connectivity index (χ1) is 17.8. The van der Waals surface area contributed by atoms with E-state index < -0.39 is 0 Å². The van der Waals surface area contributed by atoms with Gasteiger partial charge in [-0.3, -0.25) is 4.79 Å². The fourth-order valence-electron chi connectivity index (χ4n) is 4.67. The van der Waals surface area contributed by atoms with E-state index in [4.69, 9.17) is 9.72 Å². The van der Waals surface area contributed by atoms with Crippen molar-refractivity contribution in [1.82, 2.24) is 24.5 Å². The van der Waals surface area contributed by atoms with E-state index in [0.29, 0.717) is 25.4 Å². The van der Waals surface area contributed by atoms with Crippen LogP contribution in [-0.4, -0.2) is 63.2 Å². The molecule has 6 rings (SSSR count). The Balaban J connectivity index is 1.30. The summed E-state index contributed by atoms with van der Waals surface area (Å²) < 4.78 is 7.74. The van der Waals surface area contributed by atoms with Gasteiger partial charge >= 0.3 is 0 Å². The largest absolute Gasteiger partial charge is 0.484 e. The number of benzene rings is 3. The van der Waals surface area contributed by atoms with E-state index in [1.165, 1.54) is 0 Å². The van der Waals surface area contributed by atoms with E-state index in [1.807, 2.05) is 94.2 Å². The molecule has 0 bridgehead atoms. The maximum Gasteiger partial charge on any atom is 0.260 e. The molecule has 1 saturated heterocycles. The third-order valence-electron chi connectivity index (χ3n) is 6.50. The van der Waals surface area contributed by atoms with Gasteiger partial charge in [0, 0.05) is 37.1 Å². The minimum Gasteiger partial charge on any atom is -0.484 e. The number of carbonyl (C=O) groups excluding carboxylic acids is 1. The average molecular weight is 479 g/mol. The van der Waals surface area contributed by atoms with Crippen LogP contribution < -0.4 is 9.64 Å². The smallest absolute Gasteiger partial charge is 0.260 e. The Morgan fingerprint density at radius 2 is 1.56 bits per heavy atom. The van der Waals surface area contributed by atoms with Crippen LogP contribution in [0.1, 0.15) is 6.42 Å². The van der Waals surface area contributed by atoms with Gasteiger partial charge in [0.15, 0.2) is 18.1 Å². The zero-order valence-corrected chi connectivity index (χ0v) is 19.8. The Kier molecular flexibility index (Phi) is 5.91. The molecule has 1 aliphatic heterocycles. The number of hydrogen-bond acceptors (Lipinski definition) is 6. The highest BCUT2D eigenvalue weighted by atomic mass is 16.5. The minimum atomic E-state index is -0.00778. The monoisotopic (exact) mass is 478 g/mol. The Labute approximate surface area is 208 Å². The summed E-state index contributed by atoms with van der Waals surface area (Å²) in [5, 5.41) is 10.1. The number of amides is 1. The summed E-state index contributed by atoms with van der Waals surface area (Å²) in [6.45, 7) is 2.74. The maximum atomic E-state index is 12.9. The Morgan fingerprint density at radius 1 is 0.806 bits per heavy atom. The predicted molar refractivity (Wildman–Crippen MR) is 139 cm³/mol. The van der Waals surface area contributed by atoms with Gasteiger partial charge < -0.3 is 14.5 Å². The molecule has 180 valence electrons. The third kappa shape index (κ3) is 4.22. The number of nitrogens with zero attached hydrogens (tertiary/aromatic N) is 6. The lowest BCUT2D eigenvalue weighted by molar-refractivity contribution is -0.133. The molecule has 0 radical (unpaired) electrons. The molecule has 1 aliphatic rings. The van der Waals surface area contributed by atoms with E-state index in [1.54, 1.807) is 0 Å². The van der Waals surface area contributed by atoms with Crippen LogP contribution in [0.2, 0.25) is 0 Å². The molecule has 0 saturated carbocycles. The second-order valence-corrected chi connectivity index (χ2v) is 8.80. The standard InChI is InChI=1S/C28H26N6O2/c35-25(20-36-22-12-5-2-6-13-22)32-16-9-17-33(19-18-32)28-29-24-15-8-7-14-23(24)27-31-30-26(34(27)28)21-10-3-1-4-11-21/h1-8,10-15H,9,16-20H2. The van der Waals surface area contributed by atoms with Gasteiger partial charge in [0.2, 0.25) is 5.95 Å². The van der Waals surface area contributed by atoms with Crippen molar-refractivity contribution in [2.75, 3.05) is 37.7 Å². The minimum absolute atomic E-state index is 0.00778. The first-order valence-electron chi connectivity index (χ1n) is 12.2. The first kappa shape index (κ1) is 22.0. The van der Waals surface area contributed by atoms with Gasteiger partial charge in [0.25, 0.3) is 5.91 Å². The summed E-state index contributed by atoms with van der Waals surface area (Å²) in [5.74, 6) is 2.24. The number of rotatable bonds is 5. The molecule has 8 nitrogen and oxygen atoms in total. The lowest BCUT2D eigenvalue weighted by Crippen LogP contribution is -2.38. The summed E-state index contributed by atoms with van der Waals surface area (Å²) in [5.41, 5.74) is 2.64. The molecular weight excluding hydrogens is 452 g/mol. The quantitative estimate of drug-likeness (QED) is 0.379. The molecule has 5 aromatic rings. The topological polar surface area (TPSA) is 75.9 Å². The second kappa shape index (κ2) is 9.65. The van der Waals surface area contributed by atoms with Gasteiger partial charge in [-0.1, -0.05) is 60.7 Å². The van der Waals surface area contributed by atoms with Crippen LogP contribution in [0.3, 0.4) is 0 Å². The van der Waals surface area contributed by atoms with Crippen LogP contribution in [0.15, 0.2) is 84.9 Å². The molecule has 36 heavy (non-hydrogen) atoms. The third-order valence-corrected chi connectivity index (χ3v) is 6.50. The highest BCUT2D eigenvalue weighted by Gasteiger charge is 2.24. The van der Waals surface area contributed by atoms with Crippen molar-refractivity contribution in [3.8, 4) is 17.1 Å². The summed E-state index contributed by atoms with van der Waals surface area (Å²) in [4.78, 5) is 22.1. The molecule has 0 aliphatic carbocycles. The SMILES string of the molecule is O=C(COc1ccccc1)N1CCCN(c2nc3ccccc3c3nnc(-c4ccccc4)n23)CC1. The molecule has 2 aromatic heterocycles. The summed E-state index contributed by atoms with van der Waals surface area (Å²) in [6, 6.07) is 27.5. The highest BCUT2D eigenvalue weighted by Crippen LogP contribution is 2.28. The van der Waals surface area contributed by atoms with Gasteiger partial charge in [-0.15, -0.1) is 10.2 Å².